The molecule has 2 aromatic rings. The third kappa shape index (κ3) is 7.10. The molecule has 2 rings (SSSR count). The van der Waals surface area contributed by atoms with Crippen molar-refractivity contribution in [1.29, 1.82) is 0 Å². The highest BCUT2D eigenvalue weighted by molar-refractivity contribution is 6.02. The van der Waals surface area contributed by atoms with Crippen molar-refractivity contribution in [2.24, 2.45) is 0 Å². The zero-order chi connectivity index (χ0) is 19.6. The molecule has 2 aromatic carbocycles. The maximum absolute atomic E-state index is 12.2. The Bertz CT molecular complexity index is 792. The van der Waals surface area contributed by atoms with Crippen molar-refractivity contribution in [3.63, 3.8) is 0 Å². The predicted molar refractivity (Wildman–Crippen MR) is 113 cm³/mol. The van der Waals surface area contributed by atoms with Gasteiger partial charge in [-0.15, -0.1) is 0 Å². The van der Waals surface area contributed by atoms with E-state index in [1.165, 1.54) is 11.6 Å². The van der Waals surface area contributed by atoms with Gasteiger partial charge in [-0.05, 0) is 47.7 Å². The van der Waals surface area contributed by atoms with E-state index in [2.05, 4.69) is 43.5 Å². The molecule has 2 amide bonds. The van der Waals surface area contributed by atoms with E-state index in [-0.39, 0.29) is 11.8 Å². The molecule has 2 N–H and O–H groups in total. The van der Waals surface area contributed by atoms with Crippen LogP contribution in [0.3, 0.4) is 0 Å². The average Bonchev–Trinajstić information content (AvgIpc) is 2.65. The van der Waals surface area contributed by atoms with Crippen molar-refractivity contribution in [2.45, 2.75) is 46.0 Å². The van der Waals surface area contributed by atoms with Gasteiger partial charge in [-0.25, -0.2) is 0 Å². The lowest BCUT2D eigenvalue weighted by atomic mass is 10.0. The molecule has 0 unspecified atom stereocenters. The zero-order valence-electron chi connectivity index (χ0n) is 16.3. The van der Waals surface area contributed by atoms with E-state index < -0.39 is 0 Å². The van der Waals surface area contributed by atoms with Crippen LogP contribution in [0.4, 0.5) is 11.4 Å². The molecule has 0 aromatic heterocycles. The van der Waals surface area contributed by atoms with Gasteiger partial charge >= 0.3 is 0 Å². The topological polar surface area (TPSA) is 58.2 Å². The van der Waals surface area contributed by atoms with Gasteiger partial charge in [-0.3, -0.25) is 9.59 Å². The fourth-order valence-electron chi connectivity index (χ4n) is 2.58. The molecule has 0 atom stereocenters. The summed E-state index contributed by atoms with van der Waals surface area (Å²) in [5, 5.41) is 5.68. The maximum atomic E-state index is 12.2. The molecule has 0 heterocycles. The molecule has 0 spiro atoms. The largest absolute Gasteiger partial charge is 0.326 e. The highest BCUT2D eigenvalue weighted by Crippen LogP contribution is 2.17. The van der Waals surface area contributed by atoms with E-state index in [9.17, 15) is 9.59 Å². The number of hydrogen-bond donors (Lipinski definition) is 2. The Hall–Kier alpha value is -2.88. The summed E-state index contributed by atoms with van der Waals surface area (Å²) in [6.07, 6.45) is 5.65. The Morgan fingerprint density at radius 3 is 2.30 bits per heavy atom. The number of amides is 2. The number of unbranched alkanes of at least 4 members (excludes halogenated alkanes) is 1. The monoisotopic (exact) mass is 364 g/mol. The molecule has 27 heavy (non-hydrogen) atoms. The first-order valence-corrected chi connectivity index (χ1v) is 9.47. The molecule has 0 aliphatic heterocycles. The van der Waals surface area contributed by atoms with Crippen LogP contribution in [-0.4, -0.2) is 11.8 Å². The smallest absolute Gasteiger partial charge is 0.248 e. The lowest BCUT2D eigenvalue weighted by Gasteiger charge is -2.08. The number of carbonyl (C=O) groups excluding carboxylic acids is 2. The van der Waals surface area contributed by atoms with Crippen molar-refractivity contribution >= 4 is 29.3 Å². The first kappa shape index (κ1) is 20.4. The second-order valence-electron chi connectivity index (χ2n) is 6.88. The van der Waals surface area contributed by atoms with Crippen LogP contribution < -0.4 is 10.6 Å². The lowest BCUT2D eigenvalue weighted by molar-refractivity contribution is -0.116. The van der Waals surface area contributed by atoms with E-state index in [0.717, 1.165) is 18.4 Å². The van der Waals surface area contributed by atoms with Crippen LogP contribution in [0.2, 0.25) is 0 Å². The average molecular weight is 364 g/mol. The third-order valence-corrected chi connectivity index (χ3v) is 4.20. The minimum absolute atomic E-state index is 0.00920. The first-order valence-electron chi connectivity index (χ1n) is 9.47. The van der Waals surface area contributed by atoms with Crippen LogP contribution in [0.15, 0.2) is 54.6 Å². The Balaban J connectivity index is 1.93. The number of nitrogens with one attached hydrogen (secondary N) is 2. The van der Waals surface area contributed by atoms with Crippen LogP contribution in [0.25, 0.3) is 6.08 Å². The molecular formula is C23H28N2O2. The van der Waals surface area contributed by atoms with Gasteiger partial charge in [0, 0.05) is 23.9 Å². The van der Waals surface area contributed by atoms with Crippen molar-refractivity contribution in [1.82, 2.24) is 0 Å². The molecule has 4 nitrogen and oxygen atoms in total. The Morgan fingerprint density at radius 2 is 1.67 bits per heavy atom. The lowest BCUT2D eigenvalue weighted by Crippen LogP contribution is -2.12. The summed E-state index contributed by atoms with van der Waals surface area (Å²) in [5.41, 5.74) is 3.58. The summed E-state index contributed by atoms with van der Waals surface area (Å²) in [6.45, 7) is 6.35. The molecule has 0 radical (unpaired) electrons. The molecule has 0 fully saturated rings. The van der Waals surface area contributed by atoms with Gasteiger partial charge in [-0.1, -0.05) is 57.5 Å². The highest BCUT2D eigenvalue weighted by atomic mass is 16.2. The summed E-state index contributed by atoms with van der Waals surface area (Å²) >= 11 is 0. The van der Waals surface area contributed by atoms with Crippen molar-refractivity contribution in [2.75, 3.05) is 10.6 Å². The van der Waals surface area contributed by atoms with Gasteiger partial charge in [0.2, 0.25) is 11.8 Å². The summed E-state index contributed by atoms with van der Waals surface area (Å²) in [6, 6.07) is 15.3. The third-order valence-electron chi connectivity index (χ3n) is 4.20. The van der Waals surface area contributed by atoms with Gasteiger partial charge in [0.05, 0.1) is 0 Å². The van der Waals surface area contributed by atoms with Crippen LogP contribution in [0, 0.1) is 0 Å². The quantitative estimate of drug-likeness (QED) is 0.600. The molecule has 4 heteroatoms. The normalized spacial score (nSPS) is 11.0. The van der Waals surface area contributed by atoms with Gasteiger partial charge in [0.1, 0.15) is 0 Å². The van der Waals surface area contributed by atoms with Crippen molar-refractivity contribution < 1.29 is 9.59 Å². The number of hydrogen-bond acceptors (Lipinski definition) is 2. The summed E-state index contributed by atoms with van der Waals surface area (Å²) in [5.74, 6) is 0.267. The zero-order valence-corrected chi connectivity index (χ0v) is 16.3. The molecule has 0 saturated heterocycles. The van der Waals surface area contributed by atoms with Crippen molar-refractivity contribution in [3.8, 4) is 0 Å². The molecule has 142 valence electrons. The molecule has 0 aliphatic carbocycles. The van der Waals surface area contributed by atoms with Gasteiger partial charge in [-0.2, -0.15) is 0 Å². The fraction of sp³-hybridized carbons (Fsp3) is 0.304. The van der Waals surface area contributed by atoms with Crippen molar-refractivity contribution in [3.05, 3.63) is 65.7 Å². The second-order valence-corrected chi connectivity index (χ2v) is 6.88. The van der Waals surface area contributed by atoms with Crippen LogP contribution in [-0.2, 0) is 9.59 Å². The van der Waals surface area contributed by atoms with Crippen LogP contribution in [0.5, 0.6) is 0 Å². The number of anilines is 2. The SMILES string of the molecule is CCCCC(=O)Nc1cccc(NC(=O)C=Cc2ccc(C(C)C)cc2)c1. The van der Waals surface area contributed by atoms with Gasteiger partial charge < -0.3 is 10.6 Å². The van der Waals surface area contributed by atoms with E-state index in [1.54, 1.807) is 24.3 Å². The molecular weight excluding hydrogens is 336 g/mol. The molecule has 0 aliphatic rings. The highest BCUT2D eigenvalue weighted by Gasteiger charge is 2.04. The number of benzene rings is 2. The van der Waals surface area contributed by atoms with Gasteiger partial charge in [0.25, 0.3) is 0 Å². The van der Waals surface area contributed by atoms with E-state index in [1.807, 2.05) is 18.2 Å². The fourth-order valence-corrected chi connectivity index (χ4v) is 2.58. The van der Waals surface area contributed by atoms with E-state index in [4.69, 9.17) is 0 Å². The summed E-state index contributed by atoms with van der Waals surface area (Å²) in [7, 11) is 0. The molecule has 0 bridgehead atoms. The van der Waals surface area contributed by atoms with Crippen LogP contribution in [0.1, 0.15) is 57.1 Å². The van der Waals surface area contributed by atoms with Crippen LogP contribution >= 0.6 is 0 Å². The molecule has 0 saturated carbocycles. The standard InChI is InChI=1S/C23H28N2O2/c1-4-5-9-22(26)24-20-7-6-8-21(16-20)25-23(27)15-12-18-10-13-19(14-11-18)17(2)3/h6-8,10-17H,4-5,9H2,1-3H3,(H,24,26)(H,25,27). The summed E-state index contributed by atoms with van der Waals surface area (Å²) in [4.78, 5) is 24.0. The summed E-state index contributed by atoms with van der Waals surface area (Å²) < 4.78 is 0. The Morgan fingerprint density at radius 1 is 1.00 bits per heavy atom. The maximum Gasteiger partial charge on any atom is 0.248 e. The first-order chi connectivity index (χ1) is 13.0. The minimum Gasteiger partial charge on any atom is -0.326 e. The van der Waals surface area contributed by atoms with E-state index in [0.29, 0.717) is 23.7 Å². The Kier molecular flexibility index (Phi) is 7.80. The Labute approximate surface area is 161 Å². The van der Waals surface area contributed by atoms with E-state index >= 15 is 0 Å². The number of carbonyl (C=O) groups is 2. The predicted octanol–water partition coefficient (Wildman–Crippen LogP) is 5.59. The minimum atomic E-state index is -0.211. The number of rotatable bonds is 8. The second kappa shape index (κ2) is 10.3. The van der Waals surface area contributed by atoms with Gasteiger partial charge in [0.15, 0.2) is 0 Å².